The van der Waals surface area contributed by atoms with Gasteiger partial charge in [-0.3, -0.25) is 4.79 Å². The number of esters is 1. The maximum atomic E-state index is 12.0. The van der Waals surface area contributed by atoms with Crippen LogP contribution in [0.1, 0.15) is 44.6 Å². The molecule has 1 amide bonds. The quantitative estimate of drug-likeness (QED) is 0.747. The van der Waals surface area contributed by atoms with Crippen LogP contribution < -0.4 is 10.1 Å². The third-order valence-corrected chi connectivity index (χ3v) is 4.68. The summed E-state index contributed by atoms with van der Waals surface area (Å²) in [7, 11) is 0. The fourth-order valence-corrected chi connectivity index (χ4v) is 3.20. The van der Waals surface area contributed by atoms with Gasteiger partial charge in [0.1, 0.15) is 5.75 Å². The molecule has 1 aliphatic carbocycles. The van der Waals surface area contributed by atoms with Crippen molar-refractivity contribution in [3.05, 3.63) is 28.8 Å². The summed E-state index contributed by atoms with van der Waals surface area (Å²) in [6.07, 6.45) is 5.22. The Morgan fingerprint density at radius 2 is 2.00 bits per heavy atom. The molecule has 1 N–H and O–H groups in total. The van der Waals surface area contributed by atoms with Crippen LogP contribution in [0.2, 0.25) is 5.02 Å². The van der Waals surface area contributed by atoms with E-state index in [2.05, 4.69) is 5.32 Å². The zero-order valence-electron chi connectivity index (χ0n) is 14.8. The van der Waals surface area contributed by atoms with Crippen LogP contribution in [0.15, 0.2) is 18.2 Å². The number of aryl methyl sites for hydroxylation is 1. The van der Waals surface area contributed by atoms with E-state index in [-0.39, 0.29) is 12.5 Å². The van der Waals surface area contributed by atoms with E-state index in [4.69, 9.17) is 21.1 Å². The van der Waals surface area contributed by atoms with E-state index in [0.29, 0.717) is 23.2 Å². The first kappa shape index (κ1) is 19.6. The minimum absolute atomic E-state index is 0.247. The summed E-state index contributed by atoms with van der Waals surface area (Å²) in [6.45, 7) is 3.82. The second-order valence-corrected chi connectivity index (χ2v) is 7.02. The lowest BCUT2D eigenvalue weighted by atomic mass is 9.89. The maximum Gasteiger partial charge on any atom is 0.344 e. The topological polar surface area (TPSA) is 64.6 Å². The van der Waals surface area contributed by atoms with Gasteiger partial charge in [-0.1, -0.05) is 30.9 Å². The minimum atomic E-state index is -0.828. The molecule has 0 aromatic heterocycles. The molecule has 1 aromatic carbocycles. The second-order valence-electron chi connectivity index (χ2n) is 6.58. The highest BCUT2D eigenvalue weighted by atomic mass is 35.5. The largest absolute Gasteiger partial charge is 0.482 e. The molecule has 1 atom stereocenters. The Kier molecular flexibility index (Phi) is 7.56. The standard InChI is InChI=1S/C19H26ClNO4/c1-13-10-16(20)8-9-17(13)24-12-18(22)25-14(2)19(23)21-11-15-6-4-3-5-7-15/h8-10,14-15H,3-7,11-12H2,1-2H3,(H,21,23)/t14-/m0/s1. The number of ether oxygens (including phenoxy) is 2. The van der Waals surface area contributed by atoms with E-state index in [0.717, 1.165) is 18.4 Å². The second kappa shape index (κ2) is 9.66. The zero-order valence-corrected chi connectivity index (χ0v) is 15.6. The summed E-state index contributed by atoms with van der Waals surface area (Å²) in [5.41, 5.74) is 0.832. The van der Waals surface area contributed by atoms with Crippen molar-refractivity contribution in [1.29, 1.82) is 0 Å². The molecule has 0 radical (unpaired) electrons. The SMILES string of the molecule is Cc1cc(Cl)ccc1OCC(=O)O[C@@H](C)C(=O)NCC1CCCCC1. The van der Waals surface area contributed by atoms with Crippen molar-refractivity contribution in [1.82, 2.24) is 5.32 Å². The first-order valence-electron chi connectivity index (χ1n) is 8.82. The summed E-state index contributed by atoms with van der Waals surface area (Å²) in [5, 5.41) is 3.48. The van der Waals surface area contributed by atoms with Crippen molar-refractivity contribution in [3.8, 4) is 5.75 Å². The van der Waals surface area contributed by atoms with Crippen molar-refractivity contribution in [3.63, 3.8) is 0 Å². The lowest BCUT2D eigenvalue weighted by Gasteiger charge is -2.22. The van der Waals surface area contributed by atoms with Gasteiger partial charge < -0.3 is 14.8 Å². The number of rotatable bonds is 7. The Bertz CT molecular complexity index is 599. The van der Waals surface area contributed by atoms with E-state index in [1.807, 2.05) is 6.92 Å². The van der Waals surface area contributed by atoms with Gasteiger partial charge in [0.25, 0.3) is 5.91 Å². The molecule has 138 valence electrons. The molecule has 0 aliphatic heterocycles. The van der Waals surface area contributed by atoms with Gasteiger partial charge in [-0.05, 0) is 56.4 Å². The first-order chi connectivity index (χ1) is 12.0. The molecular weight excluding hydrogens is 342 g/mol. The van der Waals surface area contributed by atoms with Gasteiger partial charge in [0.05, 0.1) is 0 Å². The number of amides is 1. The van der Waals surface area contributed by atoms with Crippen molar-refractivity contribution in [2.24, 2.45) is 5.92 Å². The van der Waals surface area contributed by atoms with Crippen molar-refractivity contribution < 1.29 is 19.1 Å². The molecule has 25 heavy (non-hydrogen) atoms. The molecule has 1 aliphatic rings. The number of halogens is 1. The molecule has 0 bridgehead atoms. The van der Waals surface area contributed by atoms with Gasteiger partial charge >= 0.3 is 5.97 Å². The highest BCUT2D eigenvalue weighted by Gasteiger charge is 2.20. The van der Waals surface area contributed by atoms with Crippen LogP contribution in [0.5, 0.6) is 5.75 Å². The number of carbonyl (C=O) groups is 2. The molecule has 0 saturated heterocycles. The molecule has 6 heteroatoms. The van der Waals surface area contributed by atoms with Crippen LogP contribution in [0.25, 0.3) is 0 Å². The van der Waals surface area contributed by atoms with E-state index in [1.54, 1.807) is 25.1 Å². The van der Waals surface area contributed by atoms with Gasteiger partial charge in [-0.15, -0.1) is 0 Å². The lowest BCUT2D eigenvalue weighted by Crippen LogP contribution is -2.39. The fraction of sp³-hybridized carbons (Fsp3) is 0.579. The van der Waals surface area contributed by atoms with Gasteiger partial charge in [-0.25, -0.2) is 4.79 Å². The summed E-state index contributed by atoms with van der Waals surface area (Å²) >= 11 is 5.88. The summed E-state index contributed by atoms with van der Waals surface area (Å²) in [6, 6.07) is 5.14. The molecule has 1 aromatic rings. The average molecular weight is 368 g/mol. The third kappa shape index (κ3) is 6.58. The van der Waals surface area contributed by atoms with Crippen LogP contribution in [0.4, 0.5) is 0 Å². The first-order valence-corrected chi connectivity index (χ1v) is 9.19. The Morgan fingerprint density at radius 1 is 1.28 bits per heavy atom. The molecule has 5 nitrogen and oxygen atoms in total. The molecular formula is C19H26ClNO4. The lowest BCUT2D eigenvalue weighted by molar-refractivity contribution is -0.156. The van der Waals surface area contributed by atoms with E-state index in [1.165, 1.54) is 19.3 Å². The molecule has 0 heterocycles. The Balaban J connectivity index is 1.70. The molecule has 0 unspecified atom stereocenters. The maximum absolute atomic E-state index is 12.0. The Labute approximate surface area is 154 Å². The van der Waals surface area contributed by atoms with Gasteiger partial charge in [0.2, 0.25) is 0 Å². The highest BCUT2D eigenvalue weighted by Crippen LogP contribution is 2.23. The van der Waals surface area contributed by atoms with E-state index >= 15 is 0 Å². The van der Waals surface area contributed by atoms with Crippen LogP contribution in [-0.4, -0.2) is 31.1 Å². The van der Waals surface area contributed by atoms with Gasteiger partial charge in [-0.2, -0.15) is 0 Å². The smallest absolute Gasteiger partial charge is 0.344 e. The minimum Gasteiger partial charge on any atom is -0.482 e. The fourth-order valence-electron chi connectivity index (χ4n) is 2.98. The molecule has 0 spiro atoms. The number of carbonyl (C=O) groups excluding carboxylic acids is 2. The number of benzene rings is 1. The van der Waals surface area contributed by atoms with Gasteiger partial charge in [0.15, 0.2) is 12.7 Å². The summed E-state index contributed by atoms with van der Waals surface area (Å²) in [5.74, 6) is 0.267. The van der Waals surface area contributed by atoms with Crippen molar-refractivity contribution >= 4 is 23.5 Å². The monoisotopic (exact) mass is 367 g/mol. The predicted molar refractivity (Wildman–Crippen MR) is 96.8 cm³/mol. The van der Waals surface area contributed by atoms with Crippen molar-refractivity contribution in [2.45, 2.75) is 52.1 Å². The Hall–Kier alpha value is -1.75. The number of hydrogen-bond donors (Lipinski definition) is 1. The average Bonchev–Trinajstić information content (AvgIpc) is 2.59. The van der Waals surface area contributed by atoms with Gasteiger partial charge in [0, 0.05) is 11.6 Å². The van der Waals surface area contributed by atoms with Crippen LogP contribution in [-0.2, 0) is 14.3 Å². The summed E-state index contributed by atoms with van der Waals surface area (Å²) in [4.78, 5) is 23.9. The summed E-state index contributed by atoms with van der Waals surface area (Å²) < 4.78 is 10.6. The molecule has 2 rings (SSSR count). The highest BCUT2D eigenvalue weighted by molar-refractivity contribution is 6.30. The molecule has 1 saturated carbocycles. The number of nitrogens with one attached hydrogen (secondary N) is 1. The van der Waals surface area contributed by atoms with E-state index < -0.39 is 12.1 Å². The van der Waals surface area contributed by atoms with Crippen LogP contribution in [0.3, 0.4) is 0 Å². The number of hydrogen-bond acceptors (Lipinski definition) is 4. The normalized spacial score (nSPS) is 16.1. The third-order valence-electron chi connectivity index (χ3n) is 4.45. The zero-order chi connectivity index (χ0) is 18.2. The molecule has 1 fully saturated rings. The predicted octanol–water partition coefficient (Wildman–Crippen LogP) is 3.66. The van der Waals surface area contributed by atoms with E-state index in [9.17, 15) is 9.59 Å². The Morgan fingerprint density at radius 3 is 2.68 bits per heavy atom. The van der Waals surface area contributed by atoms with Crippen LogP contribution >= 0.6 is 11.6 Å². The van der Waals surface area contributed by atoms with Crippen LogP contribution in [0, 0.1) is 12.8 Å². The van der Waals surface area contributed by atoms with Crippen molar-refractivity contribution in [2.75, 3.05) is 13.2 Å².